The van der Waals surface area contributed by atoms with E-state index in [9.17, 15) is 13.2 Å². The third-order valence-corrected chi connectivity index (χ3v) is 8.36. The predicted octanol–water partition coefficient (Wildman–Crippen LogP) is 3.63. The van der Waals surface area contributed by atoms with E-state index in [2.05, 4.69) is 48.6 Å². The molecular weight excluding hydrogens is 408 g/mol. The highest BCUT2D eigenvalue weighted by Gasteiger charge is 2.39. The van der Waals surface area contributed by atoms with Gasteiger partial charge in [-0.2, -0.15) is 0 Å². The van der Waals surface area contributed by atoms with Crippen molar-refractivity contribution in [1.29, 1.82) is 0 Å². The van der Waals surface area contributed by atoms with Gasteiger partial charge in [-0.1, -0.05) is 73.0 Å². The van der Waals surface area contributed by atoms with Crippen molar-refractivity contribution in [1.82, 2.24) is 10.2 Å². The lowest BCUT2D eigenvalue weighted by Crippen LogP contribution is -2.50. The molecule has 1 aliphatic heterocycles. The molecule has 5 nitrogen and oxygen atoms in total. The minimum Gasteiger partial charge on any atom is -0.335 e. The number of sulfone groups is 1. The van der Waals surface area contributed by atoms with E-state index in [4.69, 9.17) is 0 Å². The number of nitrogens with zero attached hydrogens (tertiary/aromatic N) is 1. The highest BCUT2D eigenvalue weighted by Crippen LogP contribution is 2.29. The Bertz CT molecular complexity index is 983. The van der Waals surface area contributed by atoms with Crippen molar-refractivity contribution in [2.24, 2.45) is 0 Å². The Hall–Kier alpha value is -2.18. The first-order chi connectivity index (χ1) is 14.9. The fourth-order valence-corrected chi connectivity index (χ4v) is 6.71. The van der Waals surface area contributed by atoms with Gasteiger partial charge < -0.3 is 4.90 Å². The molecule has 1 heterocycles. The first kappa shape index (κ1) is 22.0. The van der Waals surface area contributed by atoms with E-state index in [1.54, 1.807) is 0 Å². The smallest absolute Gasteiger partial charge is 0.237 e. The molecule has 1 N–H and O–H groups in total. The van der Waals surface area contributed by atoms with E-state index < -0.39 is 9.84 Å². The van der Waals surface area contributed by atoms with Gasteiger partial charge in [0.1, 0.15) is 0 Å². The lowest BCUT2D eigenvalue weighted by atomic mass is 9.97. The van der Waals surface area contributed by atoms with Gasteiger partial charge in [-0.05, 0) is 37.3 Å². The van der Waals surface area contributed by atoms with E-state index in [0.29, 0.717) is 6.42 Å². The SMILES string of the molecule is Cc1ccc([C@H](NCC(=O)N(C2CCCC2)[C@@H]2CCS(=O)(=O)C2)c2ccccc2)cc1. The summed E-state index contributed by atoms with van der Waals surface area (Å²) >= 11 is 0. The zero-order chi connectivity index (χ0) is 21.8. The molecule has 1 aliphatic carbocycles. The monoisotopic (exact) mass is 440 g/mol. The van der Waals surface area contributed by atoms with Crippen molar-refractivity contribution in [2.75, 3.05) is 18.1 Å². The summed E-state index contributed by atoms with van der Waals surface area (Å²) in [5.41, 5.74) is 3.41. The summed E-state index contributed by atoms with van der Waals surface area (Å²) < 4.78 is 24.2. The Labute approximate surface area is 185 Å². The molecule has 0 spiro atoms. The molecule has 2 fully saturated rings. The van der Waals surface area contributed by atoms with Crippen molar-refractivity contribution in [3.8, 4) is 0 Å². The molecule has 1 amide bonds. The van der Waals surface area contributed by atoms with Crippen molar-refractivity contribution < 1.29 is 13.2 Å². The van der Waals surface area contributed by atoms with Crippen LogP contribution in [0.4, 0.5) is 0 Å². The maximum absolute atomic E-state index is 13.4. The molecule has 0 aromatic heterocycles. The molecule has 2 aliphatic rings. The minimum atomic E-state index is -3.04. The van der Waals surface area contributed by atoms with Crippen LogP contribution in [0.5, 0.6) is 0 Å². The number of hydrogen-bond donors (Lipinski definition) is 1. The van der Waals surface area contributed by atoms with Crippen LogP contribution in [0.1, 0.15) is 54.8 Å². The van der Waals surface area contributed by atoms with Crippen LogP contribution in [0.15, 0.2) is 54.6 Å². The molecule has 0 bridgehead atoms. The fraction of sp³-hybridized carbons (Fsp3) is 0.480. The summed E-state index contributed by atoms with van der Waals surface area (Å²) in [5.74, 6) is 0.314. The second-order valence-corrected chi connectivity index (χ2v) is 11.2. The number of carbonyl (C=O) groups excluding carboxylic acids is 1. The minimum absolute atomic E-state index is 0.0158. The lowest BCUT2D eigenvalue weighted by Gasteiger charge is -2.34. The Morgan fingerprint density at radius 1 is 0.968 bits per heavy atom. The molecule has 31 heavy (non-hydrogen) atoms. The standard InChI is InChI=1S/C25H32N2O3S/c1-19-11-13-21(14-12-19)25(20-7-3-2-4-8-20)26-17-24(28)27(22-9-5-6-10-22)23-15-16-31(29,30)18-23/h2-4,7-8,11-14,22-23,25-26H,5-6,9-10,15-18H2,1H3/t23-,25-/m1/s1. The summed E-state index contributed by atoms with van der Waals surface area (Å²) in [7, 11) is -3.04. The van der Waals surface area contributed by atoms with Crippen LogP contribution in [0.3, 0.4) is 0 Å². The van der Waals surface area contributed by atoms with Gasteiger partial charge in [0.2, 0.25) is 5.91 Å². The third-order valence-electron chi connectivity index (χ3n) is 6.61. The summed E-state index contributed by atoms with van der Waals surface area (Å²) in [6, 6.07) is 18.4. The van der Waals surface area contributed by atoms with E-state index in [1.807, 2.05) is 23.1 Å². The molecule has 166 valence electrons. The molecule has 1 saturated heterocycles. The number of carbonyl (C=O) groups is 1. The average molecular weight is 441 g/mol. The van der Waals surface area contributed by atoms with Gasteiger partial charge in [0.25, 0.3) is 0 Å². The van der Waals surface area contributed by atoms with E-state index >= 15 is 0 Å². The molecule has 4 rings (SSSR count). The number of amides is 1. The molecular formula is C25H32N2O3S. The van der Waals surface area contributed by atoms with E-state index in [1.165, 1.54) is 5.56 Å². The van der Waals surface area contributed by atoms with Crippen molar-refractivity contribution in [2.45, 2.75) is 57.2 Å². The Balaban J connectivity index is 1.53. The normalized spacial score (nSPS) is 21.8. The van der Waals surface area contributed by atoms with Crippen LogP contribution in [0.25, 0.3) is 0 Å². The maximum Gasteiger partial charge on any atom is 0.237 e. The lowest BCUT2D eigenvalue weighted by molar-refractivity contribution is -0.134. The summed E-state index contributed by atoms with van der Waals surface area (Å²) in [4.78, 5) is 15.3. The van der Waals surface area contributed by atoms with Gasteiger partial charge in [0.05, 0.1) is 24.1 Å². The number of hydrogen-bond acceptors (Lipinski definition) is 4. The first-order valence-corrected chi connectivity index (χ1v) is 13.1. The van der Waals surface area contributed by atoms with Gasteiger partial charge in [-0.15, -0.1) is 0 Å². The van der Waals surface area contributed by atoms with Crippen LogP contribution < -0.4 is 5.32 Å². The summed E-state index contributed by atoms with van der Waals surface area (Å²) in [5, 5.41) is 3.48. The summed E-state index contributed by atoms with van der Waals surface area (Å²) in [6.07, 6.45) is 4.73. The fourth-order valence-electron chi connectivity index (χ4n) is 5.00. The topological polar surface area (TPSA) is 66.5 Å². The first-order valence-electron chi connectivity index (χ1n) is 11.3. The molecule has 0 unspecified atom stereocenters. The zero-order valence-corrected chi connectivity index (χ0v) is 19.0. The van der Waals surface area contributed by atoms with Gasteiger partial charge in [0.15, 0.2) is 9.84 Å². The summed E-state index contributed by atoms with van der Waals surface area (Å²) in [6.45, 7) is 2.26. The van der Waals surface area contributed by atoms with Crippen molar-refractivity contribution in [3.05, 3.63) is 71.3 Å². The number of nitrogens with one attached hydrogen (secondary N) is 1. The largest absolute Gasteiger partial charge is 0.335 e. The van der Waals surface area contributed by atoms with Crippen LogP contribution in [-0.2, 0) is 14.6 Å². The molecule has 2 atom stereocenters. The van der Waals surface area contributed by atoms with Crippen LogP contribution in [-0.4, -0.2) is 49.4 Å². The molecule has 6 heteroatoms. The zero-order valence-electron chi connectivity index (χ0n) is 18.2. The Morgan fingerprint density at radius 3 is 2.23 bits per heavy atom. The van der Waals surface area contributed by atoms with Crippen LogP contribution >= 0.6 is 0 Å². The van der Waals surface area contributed by atoms with Crippen LogP contribution in [0.2, 0.25) is 0 Å². The highest BCUT2D eigenvalue weighted by atomic mass is 32.2. The number of aryl methyl sites for hydroxylation is 1. The Kier molecular flexibility index (Phi) is 6.77. The van der Waals surface area contributed by atoms with E-state index in [-0.39, 0.29) is 42.1 Å². The second-order valence-electron chi connectivity index (χ2n) is 8.93. The quantitative estimate of drug-likeness (QED) is 0.714. The maximum atomic E-state index is 13.4. The molecule has 0 radical (unpaired) electrons. The average Bonchev–Trinajstić information content (AvgIpc) is 3.40. The highest BCUT2D eigenvalue weighted by molar-refractivity contribution is 7.91. The number of rotatable bonds is 7. The van der Waals surface area contributed by atoms with E-state index in [0.717, 1.165) is 36.8 Å². The van der Waals surface area contributed by atoms with Gasteiger partial charge in [-0.25, -0.2) is 8.42 Å². The van der Waals surface area contributed by atoms with Gasteiger partial charge in [0, 0.05) is 12.1 Å². The van der Waals surface area contributed by atoms with Crippen LogP contribution in [0, 0.1) is 6.92 Å². The number of benzene rings is 2. The molecule has 2 aromatic rings. The van der Waals surface area contributed by atoms with Crippen molar-refractivity contribution >= 4 is 15.7 Å². The van der Waals surface area contributed by atoms with Crippen molar-refractivity contribution in [3.63, 3.8) is 0 Å². The predicted molar refractivity (Wildman–Crippen MR) is 124 cm³/mol. The third kappa shape index (κ3) is 5.36. The van der Waals surface area contributed by atoms with Gasteiger partial charge in [-0.3, -0.25) is 10.1 Å². The van der Waals surface area contributed by atoms with Gasteiger partial charge >= 0.3 is 0 Å². The molecule has 2 aromatic carbocycles. The Morgan fingerprint density at radius 2 is 1.61 bits per heavy atom. The molecule has 1 saturated carbocycles. The second kappa shape index (κ2) is 9.53.